The Labute approximate surface area is 106 Å². The van der Waals surface area contributed by atoms with Crippen molar-refractivity contribution in [2.75, 3.05) is 27.2 Å². The highest BCUT2D eigenvalue weighted by molar-refractivity contribution is 5.96. The Morgan fingerprint density at radius 3 is 2.56 bits per heavy atom. The van der Waals surface area contributed by atoms with Gasteiger partial charge in [-0.2, -0.15) is 5.10 Å². The molecule has 1 aromatic heterocycles. The van der Waals surface area contributed by atoms with Crippen LogP contribution < -0.4 is 5.56 Å². The van der Waals surface area contributed by atoms with E-state index < -0.39 is 5.56 Å². The van der Waals surface area contributed by atoms with Crippen molar-refractivity contribution in [1.29, 1.82) is 0 Å². The van der Waals surface area contributed by atoms with E-state index in [0.717, 1.165) is 0 Å². The second-order valence-corrected chi connectivity index (χ2v) is 4.97. The predicted molar refractivity (Wildman–Crippen MR) is 67.7 cm³/mol. The van der Waals surface area contributed by atoms with Gasteiger partial charge >= 0.3 is 0 Å². The molecule has 2 heterocycles. The number of carbonyl (C=O) groups excluding carboxylic acids is 1. The third-order valence-electron chi connectivity index (χ3n) is 3.56. The lowest BCUT2D eigenvalue weighted by atomic mass is 10.0. The van der Waals surface area contributed by atoms with Crippen LogP contribution in [0.2, 0.25) is 0 Å². The highest BCUT2D eigenvalue weighted by atomic mass is 16.2. The number of amides is 1. The van der Waals surface area contributed by atoms with E-state index in [1.807, 2.05) is 14.1 Å². The lowest BCUT2D eigenvalue weighted by Gasteiger charge is -2.42. The van der Waals surface area contributed by atoms with Gasteiger partial charge in [0.15, 0.2) is 0 Å². The first-order valence-electron chi connectivity index (χ1n) is 5.93. The van der Waals surface area contributed by atoms with Crippen molar-refractivity contribution in [2.45, 2.75) is 19.9 Å². The summed E-state index contributed by atoms with van der Waals surface area (Å²) >= 11 is 0. The Morgan fingerprint density at radius 2 is 2.00 bits per heavy atom. The molecule has 0 atom stereocenters. The molecular formula is C12H18N4O2. The van der Waals surface area contributed by atoms with Crippen molar-refractivity contribution in [3.63, 3.8) is 0 Å². The highest BCUT2D eigenvalue weighted by Gasteiger charge is 2.34. The predicted octanol–water partition coefficient (Wildman–Crippen LogP) is -0.227. The fraction of sp³-hybridized carbons (Fsp3) is 0.583. The maximum atomic E-state index is 12.2. The van der Waals surface area contributed by atoms with E-state index in [9.17, 15) is 9.59 Å². The lowest BCUT2D eigenvalue weighted by molar-refractivity contribution is 0.0396. The van der Waals surface area contributed by atoms with E-state index in [4.69, 9.17) is 0 Å². The normalized spacial score (nSPS) is 15.9. The molecule has 1 saturated heterocycles. The second kappa shape index (κ2) is 4.53. The van der Waals surface area contributed by atoms with E-state index in [-0.39, 0.29) is 11.5 Å². The van der Waals surface area contributed by atoms with Crippen molar-refractivity contribution >= 4 is 5.91 Å². The number of aryl methyl sites for hydroxylation is 1. The lowest BCUT2D eigenvalue weighted by Crippen LogP contribution is -2.59. The number of hydrogen-bond acceptors (Lipinski definition) is 4. The minimum absolute atomic E-state index is 0.197. The van der Waals surface area contributed by atoms with Gasteiger partial charge in [0.1, 0.15) is 5.56 Å². The van der Waals surface area contributed by atoms with Crippen molar-refractivity contribution in [3.8, 4) is 0 Å². The molecule has 0 radical (unpaired) electrons. The number of H-pyrrole nitrogens is 1. The van der Waals surface area contributed by atoms with Gasteiger partial charge in [-0.25, -0.2) is 5.10 Å². The molecule has 1 aliphatic heterocycles. The van der Waals surface area contributed by atoms with Gasteiger partial charge < -0.3 is 9.80 Å². The summed E-state index contributed by atoms with van der Waals surface area (Å²) in [5, 5.41) is 6.21. The third kappa shape index (κ3) is 2.03. The number of nitrogens with zero attached hydrogens (tertiary/aromatic N) is 3. The molecule has 0 saturated carbocycles. The topological polar surface area (TPSA) is 69.3 Å². The SMILES string of the molecule is Cc1n[nH]c(=O)c(C(=O)N2CC(N(C)C)C2)c1C. The van der Waals surface area contributed by atoms with Crippen molar-refractivity contribution in [2.24, 2.45) is 0 Å². The molecule has 0 unspecified atom stereocenters. The van der Waals surface area contributed by atoms with Crippen molar-refractivity contribution < 1.29 is 4.79 Å². The van der Waals surface area contributed by atoms with Crippen LogP contribution >= 0.6 is 0 Å². The maximum Gasteiger partial charge on any atom is 0.277 e. The van der Waals surface area contributed by atoms with Gasteiger partial charge in [0.2, 0.25) is 0 Å². The number of aromatic amines is 1. The molecule has 2 rings (SSSR count). The zero-order valence-corrected chi connectivity index (χ0v) is 11.1. The monoisotopic (exact) mass is 250 g/mol. The van der Waals surface area contributed by atoms with Crippen LogP contribution in [0.4, 0.5) is 0 Å². The van der Waals surface area contributed by atoms with Gasteiger partial charge in [-0.1, -0.05) is 0 Å². The van der Waals surface area contributed by atoms with Gasteiger partial charge in [0.25, 0.3) is 11.5 Å². The molecule has 1 N–H and O–H groups in total. The Hall–Kier alpha value is -1.69. The summed E-state index contributed by atoms with van der Waals surface area (Å²) in [6, 6.07) is 0.385. The van der Waals surface area contributed by atoms with Crippen LogP contribution in [0, 0.1) is 13.8 Å². The maximum absolute atomic E-state index is 12.2. The fourth-order valence-corrected chi connectivity index (χ4v) is 1.99. The minimum atomic E-state index is -0.406. The first-order valence-corrected chi connectivity index (χ1v) is 5.93. The second-order valence-electron chi connectivity index (χ2n) is 4.97. The molecule has 0 bridgehead atoms. The first kappa shape index (κ1) is 12.8. The number of carbonyl (C=O) groups is 1. The zero-order valence-electron chi connectivity index (χ0n) is 11.1. The molecule has 98 valence electrons. The van der Waals surface area contributed by atoms with Crippen LogP contribution in [0.3, 0.4) is 0 Å². The van der Waals surface area contributed by atoms with Gasteiger partial charge in [0, 0.05) is 19.1 Å². The van der Waals surface area contributed by atoms with Gasteiger partial charge in [0.05, 0.1) is 5.69 Å². The number of likely N-dealkylation sites (N-methyl/N-ethyl adjacent to an activating group) is 1. The average Bonchev–Trinajstić information content (AvgIpc) is 2.21. The van der Waals surface area contributed by atoms with E-state index in [1.54, 1.807) is 18.7 Å². The molecule has 1 aliphatic rings. The number of rotatable bonds is 2. The van der Waals surface area contributed by atoms with Crippen LogP contribution in [0.5, 0.6) is 0 Å². The molecule has 18 heavy (non-hydrogen) atoms. The molecular weight excluding hydrogens is 232 g/mol. The number of aromatic nitrogens is 2. The van der Waals surface area contributed by atoms with Crippen LogP contribution in [-0.4, -0.2) is 59.1 Å². The quantitative estimate of drug-likeness (QED) is 0.787. The largest absolute Gasteiger partial charge is 0.335 e. The highest BCUT2D eigenvalue weighted by Crippen LogP contribution is 2.16. The van der Waals surface area contributed by atoms with Crippen molar-refractivity contribution in [1.82, 2.24) is 20.0 Å². The van der Waals surface area contributed by atoms with Gasteiger partial charge in [-0.15, -0.1) is 0 Å². The average molecular weight is 250 g/mol. The molecule has 0 aliphatic carbocycles. The van der Waals surface area contributed by atoms with Crippen molar-refractivity contribution in [3.05, 3.63) is 27.2 Å². The van der Waals surface area contributed by atoms with E-state index >= 15 is 0 Å². The third-order valence-corrected chi connectivity index (χ3v) is 3.56. The Morgan fingerprint density at radius 1 is 1.39 bits per heavy atom. The fourth-order valence-electron chi connectivity index (χ4n) is 1.99. The summed E-state index contributed by atoms with van der Waals surface area (Å²) in [7, 11) is 3.97. The van der Waals surface area contributed by atoms with Crippen LogP contribution in [0.15, 0.2) is 4.79 Å². The van der Waals surface area contributed by atoms with Crippen LogP contribution in [0.25, 0.3) is 0 Å². The summed E-state index contributed by atoms with van der Waals surface area (Å²) in [4.78, 5) is 27.7. The zero-order chi connectivity index (χ0) is 13.4. The molecule has 0 spiro atoms. The first-order chi connectivity index (χ1) is 8.41. The van der Waals surface area contributed by atoms with Gasteiger partial charge in [-0.3, -0.25) is 9.59 Å². The smallest absolute Gasteiger partial charge is 0.277 e. The minimum Gasteiger partial charge on any atom is -0.335 e. The molecule has 6 nitrogen and oxygen atoms in total. The summed E-state index contributed by atoms with van der Waals surface area (Å²) in [6.45, 7) is 4.88. The van der Waals surface area contributed by atoms with E-state index in [1.165, 1.54) is 0 Å². The number of hydrogen-bond donors (Lipinski definition) is 1. The summed E-state index contributed by atoms with van der Waals surface area (Å²) in [5.41, 5.74) is 1.16. The molecule has 6 heteroatoms. The number of nitrogens with one attached hydrogen (secondary N) is 1. The number of likely N-dealkylation sites (tertiary alicyclic amines) is 1. The molecule has 1 fully saturated rings. The van der Waals surface area contributed by atoms with Crippen LogP contribution in [0.1, 0.15) is 21.6 Å². The van der Waals surface area contributed by atoms with E-state index in [2.05, 4.69) is 15.1 Å². The summed E-state index contributed by atoms with van der Waals surface area (Å²) in [5.74, 6) is -0.197. The Kier molecular flexibility index (Phi) is 3.21. The summed E-state index contributed by atoms with van der Waals surface area (Å²) < 4.78 is 0. The van der Waals surface area contributed by atoms with E-state index in [0.29, 0.717) is 30.4 Å². The van der Waals surface area contributed by atoms with Gasteiger partial charge in [-0.05, 0) is 33.5 Å². The molecule has 0 aromatic carbocycles. The standard InChI is InChI=1S/C12H18N4O2/c1-7-8(2)13-14-11(17)10(7)12(18)16-5-9(6-16)15(3)4/h9H,5-6H2,1-4H3,(H,14,17). The Bertz CT molecular complexity index is 529. The molecule has 1 aromatic rings. The van der Waals surface area contributed by atoms with Crippen LogP contribution in [-0.2, 0) is 0 Å². The Balaban J connectivity index is 2.22. The summed E-state index contributed by atoms with van der Waals surface area (Å²) in [6.07, 6.45) is 0. The molecule has 1 amide bonds.